The standard InChI is InChI=1S/C14H16N2O/c17-14-10-12(9-11-5-4-6-11)15-16(14)13-7-2-1-3-8-13/h1-3,7-8,10-11,15H,4-6,9H2. The van der Waals surface area contributed by atoms with Gasteiger partial charge in [0.1, 0.15) is 0 Å². The predicted octanol–water partition coefficient (Wildman–Crippen LogP) is 2.51. The molecular formula is C14H16N2O. The van der Waals surface area contributed by atoms with Gasteiger partial charge in [0.25, 0.3) is 5.56 Å². The first-order valence-corrected chi connectivity index (χ1v) is 6.19. The Balaban J connectivity index is 1.88. The first kappa shape index (κ1) is 10.4. The van der Waals surface area contributed by atoms with Crippen LogP contribution in [0.2, 0.25) is 0 Å². The predicted molar refractivity (Wildman–Crippen MR) is 67.4 cm³/mol. The van der Waals surface area contributed by atoms with E-state index in [0.29, 0.717) is 0 Å². The molecule has 1 aliphatic carbocycles. The molecule has 2 aromatic rings. The number of nitrogens with one attached hydrogen (secondary N) is 1. The van der Waals surface area contributed by atoms with Crippen LogP contribution in [0.25, 0.3) is 5.69 Å². The van der Waals surface area contributed by atoms with Crippen LogP contribution in [0, 0.1) is 5.92 Å². The molecule has 17 heavy (non-hydrogen) atoms. The van der Waals surface area contributed by atoms with Gasteiger partial charge in [-0.2, -0.15) is 0 Å². The molecule has 0 atom stereocenters. The summed E-state index contributed by atoms with van der Waals surface area (Å²) < 4.78 is 1.62. The third-order valence-electron chi connectivity index (χ3n) is 3.52. The molecule has 0 aliphatic heterocycles. The van der Waals surface area contributed by atoms with Gasteiger partial charge in [0.05, 0.1) is 5.69 Å². The molecule has 0 spiro atoms. The van der Waals surface area contributed by atoms with E-state index in [1.54, 1.807) is 10.7 Å². The smallest absolute Gasteiger partial charge is 0.271 e. The normalized spacial score (nSPS) is 15.8. The fourth-order valence-corrected chi connectivity index (χ4v) is 2.33. The number of H-pyrrole nitrogens is 1. The van der Waals surface area contributed by atoms with E-state index in [4.69, 9.17) is 0 Å². The molecular weight excluding hydrogens is 212 g/mol. The number of benzene rings is 1. The lowest BCUT2D eigenvalue weighted by atomic mass is 9.82. The second-order valence-electron chi connectivity index (χ2n) is 4.79. The molecule has 3 heteroatoms. The van der Waals surface area contributed by atoms with E-state index >= 15 is 0 Å². The van der Waals surface area contributed by atoms with Crippen LogP contribution in [0.15, 0.2) is 41.2 Å². The quantitative estimate of drug-likeness (QED) is 0.861. The summed E-state index contributed by atoms with van der Waals surface area (Å²) in [6.07, 6.45) is 4.96. The first-order chi connectivity index (χ1) is 8.33. The van der Waals surface area contributed by atoms with Crippen LogP contribution < -0.4 is 5.56 Å². The van der Waals surface area contributed by atoms with Gasteiger partial charge in [-0.15, -0.1) is 0 Å². The van der Waals surface area contributed by atoms with Crippen molar-refractivity contribution in [1.29, 1.82) is 0 Å². The number of aromatic amines is 1. The Morgan fingerprint density at radius 2 is 2.00 bits per heavy atom. The molecule has 1 saturated carbocycles. The Bertz CT molecular complexity index is 549. The van der Waals surface area contributed by atoms with Crippen molar-refractivity contribution in [2.75, 3.05) is 0 Å². The first-order valence-electron chi connectivity index (χ1n) is 6.19. The molecule has 0 bridgehead atoms. The van der Waals surface area contributed by atoms with Gasteiger partial charge >= 0.3 is 0 Å². The van der Waals surface area contributed by atoms with E-state index < -0.39 is 0 Å². The van der Waals surface area contributed by atoms with Gasteiger partial charge in [-0.05, 0) is 24.5 Å². The highest BCUT2D eigenvalue weighted by Gasteiger charge is 2.19. The highest BCUT2D eigenvalue weighted by molar-refractivity contribution is 5.30. The van der Waals surface area contributed by atoms with E-state index in [2.05, 4.69) is 5.10 Å². The minimum atomic E-state index is 0.0329. The summed E-state index contributed by atoms with van der Waals surface area (Å²) >= 11 is 0. The molecule has 1 fully saturated rings. The summed E-state index contributed by atoms with van der Waals surface area (Å²) in [6, 6.07) is 11.4. The number of para-hydroxylation sites is 1. The molecule has 3 rings (SSSR count). The lowest BCUT2D eigenvalue weighted by Crippen LogP contribution is -2.14. The summed E-state index contributed by atoms with van der Waals surface area (Å²) in [4.78, 5) is 11.9. The minimum absolute atomic E-state index is 0.0329. The molecule has 1 aromatic carbocycles. The molecule has 1 aromatic heterocycles. The Morgan fingerprint density at radius 1 is 1.24 bits per heavy atom. The van der Waals surface area contributed by atoms with E-state index in [-0.39, 0.29) is 5.56 Å². The van der Waals surface area contributed by atoms with Gasteiger partial charge in [-0.3, -0.25) is 9.89 Å². The van der Waals surface area contributed by atoms with Gasteiger partial charge in [-0.1, -0.05) is 37.5 Å². The highest BCUT2D eigenvalue weighted by Crippen LogP contribution is 2.28. The largest absolute Gasteiger partial charge is 0.295 e. The zero-order chi connectivity index (χ0) is 11.7. The Hall–Kier alpha value is -1.77. The molecule has 88 valence electrons. The van der Waals surface area contributed by atoms with Crippen LogP contribution in [0.3, 0.4) is 0 Å². The van der Waals surface area contributed by atoms with Crippen molar-refractivity contribution in [3.8, 4) is 5.69 Å². The summed E-state index contributed by atoms with van der Waals surface area (Å²) in [5.74, 6) is 0.775. The fraction of sp³-hybridized carbons (Fsp3) is 0.357. The van der Waals surface area contributed by atoms with Gasteiger partial charge < -0.3 is 0 Å². The Labute approximate surface area is 100 Å². The number of hydrogen-bond donors (Lipinski definition) is 1. The SMILES string of the molecule is O=c1cc(CC2CCC2)[nH]n1-c1ccccc1. The number of rotatable bonds is 3. The lowest BCUT2D eigenvalue weighted by Gasteiger charge is -2.24. The van der Waals surface area contributed by atoms with Crippen molar-refractivity contribution < 1.29 is 0 Å². The molecule has 1 N–H and O–H groups in total. The molecule has 0 radical (unpaired) electrons. The zero-order valence-corrected chi connectivity index (χ0v) is 9.73. The maximum Gasteiger partial charge on any atom is 0.271 e. The summed E-state index contributed by atoms with van der Waals surface area (Å²) in [5.41, 5.74) is 1.99. The molecule has 0 unspecified atom stereocenters. The van der Waals surface area contributed by atoms with Crippen molar-refractivity contribution >= 4 is 0 Å². The third-order valence-corrected chi connectivity index (χ3v) is 3.52. The fourth-order valence-electron chi connectivity index (χ4n) is 2.33. The van der Waals surface area contributed by atoms with Crippen LogP contribution in [-0.2, 0) is 6.42 Å². The van der Waals surface area contributed by atoms with Crippen LogP contribution in [0.5, 0.6) is 0 Å². The summed E-state index contributed by atoms with van der Waals surface area (Å²) in [6.45, 7) is 0. The van der Waals surface area contributed by atoms with Gasteiger partial charge in [-0.25, -0.2) is 4.68 Å². The van der Waals surface area contributed by atoms with Crippen LogP contribution >= 0.6 is 0 Å². The van der Waals surface area contributed by atoms with Crippen LogP contribution in [0.4, 0.5) is 0 Å². The molecule has 3 nitrogen and oxygen atoms in total. The highest BCUT2D eigenvalue weighted by atomic mass is 16.1. The van der Waals surface area contributed by atoms with Crippen LogP contribution in [-0.4, -0.2) is 9.78 Å². The number of nitrogens with zero attached hydrogens (tertiary/aromatic N) is 1. The van der Waals surface area contributed by atoms with Crippen molar-refractivity contribution in [2.45, 2.75) is 25.7 Å². The van der Waals surface area contributed by atoms with E-state index in [9.17, 15) is 4.79 Å². The molecule has 1 aliphatic rings. The maximum atomic E-state index is 11.9. The second kappa shape index (κ2) is 4.24. The molecule has 0 saturated heterocycles. The third kappa shape index (κ3) is 2.05. The lowest BCUT2D eigenvalue weighted by molar-refractivity contribution is 0.311. The van der Waals surface area contributed by atoms with Gasteiger partial charge in [0, 0.05) is 11.8 Å². The second-order valence-corrected chi connectivity index (χ2v) is 4.79. The van der Waals surface area contributed by atoms with Gasteiger partial charge in [0.2, 0.25) is 0 Å². The average molecular weight is 228 g/mol. The number of hydrogen-bond acceptors (Lipinski definition) is 1. The van der Waals surface area contributed by atoms with Gasteiger partial charge in [0.15, 0.2) is 0 Å². The minimum Gasteiger partial charge on any atom is -0.295 e. The average Bonchev–Trinajstić information content (AvgIpc) is 2.66. The van der Waals surface area contributed by atoms with Crippen LogP contribution in [0.1, 0.15) is 25.0 Å². The molecule has 0 amide bonds. The summed E-state index contributed by atoms with van der Waals surface area (Å²) in [7, 11) is 0. The number of aromatic nitrogens is 2. The molecule has 1 heterocycles. The van der Waals surface area contributed by atoms with Crippen molar-refractivity contribution in [2.24, 2.45) is 5.92 Å². The zero-order valence-electron chi connectivity index (χ0n) is 9.73. The van der Waals surface area contributed by atoms with E-state index in [0.717, 1.165) is 23.7 Å². The monoisotopic (exact) mass is 228 g/mol. The van der Waals surface area contributed by atoms with Crippen molar-refractivity contribution in [3.05, 3.63) is 52.4 Å². The maximum absolute atomic E-state index is 11.9. The summed E-state index contributed by atoms with van der Waals surface area (Å²) in [5, 5.41) is 3.20. The van der Waals surface area contributed by atoms with Crippen molar-refractivity contribution in [3.63, 3.8) is 0 Å². The van der Waals surface area contributed by atoms with E-state index in [1.807, 2.05) is 30.3 Å². The topological polar surface area (TPSA) is 37.8 Å². The Morgan fingerprint density at radius 3 is 2.65 bits per heavy atom. The Kier molecular flexibility index (Phi) is 2.59. The van der Waals surface area contributed by atoms with E-state index in [1.165, 1.54) is 19.3 Å². The van der Waals surface area contributed by atoms with Crippen molar-refractivity contribution in [1.82, 2.24) is 9.78 Å².